The second-order valence-corrected chi connectivity index (χ2v) is 6.45. The van der Waals surface area contributed by atoms with Gasteiger partial charge in [0.1, 0.15) is 11.2 Å². The van der Waals surface area contributed by atoms with E-state index in [0.29, 0.717) is 5.56 Å². The maximum Gasteiger partial charge on any atom is 0.226 e. The van der Waals surface area contributed by atoms with Crippen molar-refractivity contribution < 1.29 is 9.18 Å². The van der Waals surface area contributed by atoms with Crippen LogP contribution in [0.3, 0.4) is 0 Å². The van der Waals surface area contributed by atoms with Crippen LogP contribution in [0.15, 0.2) is 24.3 Å². The highest BCUT2D eigenvalue weighted by molar-refractivity contribution is 7.99. The normalized spacial score (nSPS) is 24.1. The van der Waals surface area contributed by atoms with Gasteiger partial charge in [0.2, 0.25) is 5.91 Å². The summed E-state index contributed by atoms with van der Waals surface area (Å²) in [4.78, 5) is 14.4. The molecule has 0 radical (unpaired) electrons. The number of hydrogen-bond donors (Lipinski definition) is 0. The van der Waals surface area contributed by atoms with Gasteiger partial charge in [-0.1, -0.05) is 31.0 Å². The first-order valence-electron chi connectivity index (χ1n) is 6.94. The maximum atomic E-state index is 13.9. The number of nitrogens with zero attached hydrogens (tertiary/aromatic N) is 1. The molecular formula is C15H18FNOS. The summed E-state index contributed by atoms with van der Waals surface area (Å²) in [6, 6.07) is 6.82. The standard InChI is InChI=1S/C15H18FNOS/c16-13-8-4-3-7-12(13)15-17(9-10-19-15)14(18)11-5-1-2-6-11/h3-4,7-8,11,15H,1-2,5-6,9-10H2/t15-/m1/s1. The van der Waals surface area contributed by atoms with E-state index in [-0.39, 0.29) is 23.0 Å². The van der Waals surface area contributed by atoms with Crippen LogP contribution in [0, 0.1) is 11.7 Å². The highest BCUT2D eigenvalue weighted by atomic mass is 32.2. The van der Waals surface area contributed by atoms with Crippen molar-refractivity contribution in [1.82, 2.24) is 4.90 Å². The van der Waals surface area contributed by atoms with Gasteiger partial charge in [-0.05, 0) is 18.9 Å². The number of benzene rings is 1. The number of carbonyl (C=O) groups excluding carboxylic acids is 1. The summed E-state index contributed by atoms with van der Waals surface area (Å²) in [5.41, 5.74) is 0.649. The van der Waals surface area contributed by atoms with Crippen LogP contribution in [0.5, 0.6) is 0 Å². The zero-order valence-corrected chi connectivity index (χ0v) is 11.7. The fourth-order valence-corrected chi connectivity index (χ4v) is 4.32. The Hall–Kier alpha value is -1.03. The summed E-state index contributed by atoms with van der Waals surface area (Å²) in [6.07, 6.45) is 4.32. The van der Waals surface area contributed by atoms with Crippen molar-refractivity contribution in [2.75, 3.05) is 12.3 Å². The first-order chi connectivity index (χ1) is 9.27. The zero-order chi connectivity index (χ0) is 13.2. The smallest absolute Gasteiger partial charge is 0.226 e. The second kappa shape index (κ2) is 5.53. The lowest BCUT2D eigenvalue weighted by molar-refractivity contribution is -0.135. The fraction of sp³-hybridized carbons (Fsp3) is 0.533. The van der Waals surface area contributed by atoms with Gasteiger partial charge in [-0.25, -0.2) is 4.39 Å². The number of hydrogen-bond acceptors (Lipinski definition) is 2. The van der Waals surface area contributed by atoms with Gasteiger partial charge < -0.3 is 4.90 Å². The van der Waals surface area contributed by atoms with Gasteiger partial charge in [-0.15, -0.1) is 11.8 Å². The molecule has 3 rings (SSSR count). The van der Waals surface area contributed by atoms with E-state index in [1.165, 1.54) is 6.07 Å². The van der Waals surface area contributed by atoms with E-state index in [1.807, 2.05) is 11.0 Å². The highest BCUT2D eigenvalue weighted by Gasteiger charge is 2.36. The van der Waals surface area contributed by atoms with Crippen LogP contribution >= 0.6 is 11.8 Å². The Morgan fingerprint density at radius 1 is 1.26 bits per heavy atom. The van der Waals surface area contributed by atoms with Crippen LogP contribution in [-0.2, 0) is 4.79 Å². The average molecular weight is 279 g/mol. The van der Waals surface area contributed by atoms with Crippen LogP contribution in [0.1, 0.15) is 36.6 Å². The minimum absolute atomic E-state index is 0.130. The molecule has 0 bridgehead atoms. The topological polar surface area (TPSA) is 20.3 Å². The Bertz CT molecular complexity index is 473. The van der Waals surface area contributed by atoms with Gasteiger partial charge in [0.05, 0.1) is 0 Å². The van der Waals surface area contributed by atoms with E-state index in [2.05, 4.69) is 0 Å². The largest absolute Gasteiger partial charge is 0.325 e. The highest BCUT2D eigenvalue weighted by Crippen LogP contribution is 2.41. The van der Waals surface area contributed by atoms with E-state index in [0.717, 1.165) is 38.0 Å². The molecule has 0 aromatic heterocycles. The first-order valence-corrected chi connectivity index (χ1v) is 7.99. The summed E-state index contributed by atoms with van der Waals surface area (Å²) in [5, 5.41) is -0.130. The fourth-order valence-electron chi connectivity index (χ4n) is 3.04. The Balaban J connectivity index is 1.81. The maximum absolute atomic E-state index is 13.9. The lowest BCUT2D eigenvalue weighted by Crippen LogP contribution is -2.35. The third-order valence-electron chi connectivity index (χ3n) is 4.05. The van der Waals surface area contributed by atoms with Crippen molar-refractivity contribution in [2.24, 2.45) is 5.92 Å². The zero-order valence-electron chi connectivity index (χ0n) is 10.8. The van der Waals surface area contributed by atoms with E-state index in [9.17, 15) is 9.18 Å². The molecule has 1 aromatic carbocycles. The summed E-state index contributed by atoms with van der Waals surface area (Å²) in [6.45, 7) is 0.749. The average Bonchev–Trinajstić information content (AvgIpc) is 3.10. The molecule has 4 heteroatoms. The van der Waals surface area contributed by atoms with Crippen molar-refractivity contribution in [3.8, 4) is 0 Å². The molecule has 19 heavy (non-hydrogen) atoms. The third-order valence-corrected chi connectivity index (χ3v) is 5.29. The quantitative estimate of drug-likeness (QED) is 0.824. The number of halogens is 1. The molecule has 1 aromatic rings. The van der Waals surface area contributed by atoms with Crippen molar-refractivity contribution in [1.29, 1.82) is 0 Å². The summed E-state index contributed by atoms with van der Waals surface area (Å²) < 4.78 is 13.9. The number of rotatable bonds is 2. The van der Waals surface area contributed by atoms with Crippen LogP contribution in [0.4, 0.5) is 4.39 Å². The van der Waals surface area contributed by atoms with Gasteiger partial charge in [-0.3, -0.25) is 4.79 Å². The Kier molecular flexibility index (Phi) is 3.78. The molecule has 2 nitrogen and oxygen atoms in total. The summed E-state index contributed by atoms with van der Waals surface area (Å²) >= 11 is 1.67. The van der Waals surface area contributed by atoms with Gasteiger partial charge in [0.15, 0.2) is 0 Å². The van der Waals surface area contributed by atoms with E-state index in [4.69, 9.17) is 0 Å². The summed E-state index contributed by atoms with van der Waals surface area (Å²) in [7, 11) is 0. The molecular weight excluding hydrogens is 261 g/mol. The predicted molar refractivity (Wildman–Crippen MR) is 75.3 cm³/mol. The van der Waals surface area contributed by atoms with Crippen molar-refractivity contribution in [3.05, 3.63) is 35.6 Å². The molecule has 1 saturated heterocycles. The molecule has 2 aliphatic rings. The molecule has 1 saturated carbocycles. The van der Waals surface area contributed by atoms with Crippen molar-refractivity contribution in [3.63, 3.8) is 0 Å². The molecule has 102 valence electrons. The Labute approximate surface area is 117 Å². The minimum atomic E-state index is -0.203. The van der Waals surface area contributed by atoms with Crippen LogP contribution < -0.4 is 0 Å². The number of amides is 1. The molecule has 0 N–H and O–H groups in total. The first kappa shape index (κ1) is 13.0. The number of carbonyl (C=O) groups is 1. The lowest BCUT2D eigenvalue weighted by Gasteiger charge is -2.27. The Morgan fingerprint density at radius 2 is 2.00 bits per heavy atom. The Morgan fingerprint density at radius 3 is 2.74 bits per heavy atom. The van der Waals surface area contributed by atoms with Crippen molar-refractivity contribution in [2.45, 2.75) is 31.1 Å². The summed E-state index contributed by atoms with van der Waals surface area (Å²) in [5.74, 6) is 1.10. The molecule has 0 spiro atoms. The monoisotopic (exact) mass is 279 g/mol. The van der Waals surface area contributed by atoms with Gasteiger partial charge >= 0.3 is 0 Å². The van der Waals surface area contributed by atoms with Crippen LogP contribution in [0.2, 0.25) is 0 Å². The van der Waals surface area contributed by atoms with E-state index < -0.39 is 0 Å². The molecule has 1 amide bonds. The molecule has 0 unspecified atom stereocenters. The van der Waals surface area contributed by atoms with Gasteiger partial charge in [-0.2, -0.15) is 0 Å². The molecule has 2 fully saturated rings. The van der Waals surface area contributed by atoms with Crippen LogP contribution in [0.25, 0.3) is 0 Å². The predicted octanol–water partition coefficient (Wildman–Crippen LogP) is 3.59. The molecule has 1 atom stereocenters. The lowest BCUT2D eigenvalue weighted by atomic mass is 10.1. The van der Waals surface area contributed by atoms with Gasteiger partial charge in [0, 0.05) is 23.8 Å². The SMILES string of the molecule is O=C(C1CCCC1)N1CCS[C@@H]1c1ccccc1F. The molecule has 1 heterocycles. The minimum Gasteiger partial charge on any atom is -0.325 e. The van der Waals surface area contributed by atoms with Gasteiger partial charge in [0.25, 0.3) is 0 Å². The van der Waals surface area contributed by atoms with Crippen molar-refractivity contribution >= 4 is 17.7 Å². The third kappa shape index (κ3) is 2.50. The van der Waals surface area contributed by atoms with E-state index in [1.54, 1.807) is 23.9 Å². The van der Waals surface area contributed by atoms with E-state index >= 15 is 0 Å². The second-order valence-electron chi connectivity index (χ2n) is 5.26. The molecule has 1 aliphatic heterocycles. The molecule has 1 aliphatic carbocycles. The van der Waals surface area contributed by atoms with Crippen LogP contribution in [-0.4, -0.2) is 23.1 Å². The number of thioether (sulfide) groups is 1.